The number of ether oxygens (including phenoxy) is 2. The van der Waals surface area contributed by atoms with Crippen LogP contribution in [0.4, 0.5) is 0 Å². The first-order valence-corrected chi connectivity index (χ1v) is 9.15. The second-order valence-corrected chi connectivity index (χ2v) is 6.98. The van der Waals surface area contributed by atoms with Crippen molar-refractivity contribution >= 4 is 0 Å². The fraction of sp³-hybridized carbons (Fsp3) is 0.261. The van der Waals surface area contributed by atoms with Gasteiger partial charge in [-0.15, -0.1) is 0 Å². The highest BCUT2D eigenvalue weighted by atomic mass is 16.5. The summed E-state index contributed by atoms with van der Waals surface area (Å²) in [5.41, 5.74) is 9.91. The van der Waals surface area contributed by atoms with Gasteiger partial charge in [0.1, 0.15) is 11.5 Å². The molecule has 0 spiro atoms. The molecular formula is C23H21NO2. The molecule has 1 heterocycles. The fourth-order valence-electron chi connectivity index (χ4n) is 4.44. The standard InChI is InChI=1S/C23H21NO2/c1-25-20-7-3-5-18-16(20)11-9-14-13-15-10-12-17-19(23(15)24-22(14)18)6-4-8-21(17)26-2/h3-8,13H,9-12H2,1-2H3. The molecule has 0 fully saturated rings. The Morgan fingerprint density at radius 2 is 1.19 bits per heavy atom. The quantitative estimate of drug-likeness (QED) is 0.680. The predicted octanol–water partition coefficient (Wildman–Crippen LogP) is 4.63. The van der Waals surface area contributed by atoms with E-state index >= 15 is 0 Å². The summed E-state index contributed by atoms with van der Waals surface area (Å²) in [5.74, 6) is 1.93. The van der Waals surface area contributed by atoms with Gasteiger partial charge < -0.3 is 9.47 Å². The fourth-order valence-corrected chi connectivity index (χ4v) is 4.44. The highest BCUT2D eigenvalue weighted by molar-refractivity contribution is 5.79. The first kappa shape index (κ1) is 15.4. The van der Waals surface area contributed by atoms with E-state index in [9.17, 15) is 0 Å². The Bertz CT molecular complexity index is 944. The third-order valence-corrected chi connectivity index (χ3v) is 5.69. The van der Waals surface area contributed by atoms with Gasteiger partial charge in [-0.1, -0.05) is 30.3 Å². The maximum absolute atomic E-state index is 5.58. The molecule has 0 radical (unpaired) electrons. The average molecular weight is 343 g/mol. The van der Waals surface area contributed by atoms with E-state index in [1.165, 1.54) is 33.4 Å². The lowest BCUT2D eigenvalue weighted by Crippen LogP contribution is -2.13. The van der Waals surface area contributed by atoms with Gasteiger partial charge in [-0.05, 0) is 48.9 Å². The van der Waals surface area contributed by atoms with Gasteiger partial charge in [0.05, 0.1) is 25.6 Å². The number of aryl methyl sites for hydroxylation is 2. The molecule has 5 rings (SSSR count). The number of benzene rings is 2. The lowest BCUT2D eigenvalue weighted by molar-refractivity contribution is 0.409. The summed E-state index contributed by atoms with van der Waals surface area (Å²) in [6, 6.07) is 14.9. The van der Waals surface area contributed by atoms with Gasteiger partial charge in [-0.3, -0.25) is 0 Å². The van der Waals surface area contributed by atoms with Crippen LogP contribution in [-0.4, -0.2) is 19.2 Å². The maximum Gasteiger partial charge on any atom is 0.122 e. The monoisotopic (exact) mass is 343 g/mol. The summed E-state index contributed by atoms with van der Waals surface area (Å²) < 4.78 is 11.2. The van der Waals surface area contributed by atoms with E-state index in [1.807, 2.05) is 12.1 Å². The van der Waals surface area contributed by atoms with E-state index in [0.29, 0.717) is 0 Å². The molecule has 26 heavy (non-hydrogen) atoms. The molecule has 0 saturated heterocycles. The van der Waals surface area contributed by atoms with Crippen molar-refractivity contribution in [3.63, 3.8) is 0 Å². The molecule has 2 aromatic carbocycles. The smallest absolute Gasteiger partial charge is 0.122 e. The Hall–Kier alpha value is -2.81. The van der Waals surface area contributed by atoms with Crippen molar-refractivity contribution in [3.05, 3.63) is 64.7 Å². The molecule has 3 nitrogen and oxygen atoms in total. The molecule has 1 aromatic heterocycles. The zero-order valence-corrected chi connectivity index (χ0v) is 15.1. The summed E-state index contributed by atoms with van der Waals surface area (Å²) in [7, 11) is 3.49. The number of hydrogen-bond acceptors (Lipinski definition) is 3. The van der Waals surface area contributed by atoms with E-state index in [0.717, 1.165) is 48.6 Å². The van der Waals surface area contributed by atoms with E-state index in [4.69, 9.17) is 14.5 Å². The largest absolute Gasteiger partial charge is 0.496 e. The molecule has 0 saturated carbocycles. The molecule has 0 unspecified atom stereocenters. The predicted molar refractivity (Wildman–Crippen MR) is 103 cm³/mol. The third-order valence-electron chi connectivity index (χ3n) is 5.69. The van der Waals surface area contributed by atoms with Crippen molar-refractivity contribution < 1.29 is 9.47 Å². The molecular weight excluding hydrogens is 322 g/mol. The summed E-state index contributed by atoms with van der Waals surface area (Å²) in [5, 5.41) is 0. The van der Waals surface area contributed by atoms with Crippen molar-refractivity contribution in [1.29, 1.82) is 0 Å². The van der Waals surface area contributed by atoms with Crippen LogP contribution < -0.4 is 9.47 Å². The van der Waals surface area contributed by atoms with Gasteiger partial charge in [0.2, 0.25) is 0 Å². The van der Waals surface area contributed by atoms with Crippen molar-refractivity contribution in [1.82, 2.24) is 4.98 Å². The molecule has 130 valence electrons. The second kappa shape index (κ2) is 5.87. The number of rotatable bonds is 2. The Morgan fingerprint density at radius 3 is 1.65 bits per heavy atom. The minimum absolute atomic E-state index is 0.967. The van der Waals surface area contributed by atoms with Crippen LogP contribution in [0.15, 0.2) is 42.5 Å². The van der Waals surface area contributed by atoms with Crippen molar-refractivity contribution in [3.8, 4) is 34.0 Å². The van der Waals surface area contributed by atoms with Crippen LogP contribution in [0, 0.1) is 0 Å². The number of methoxy groups -OCH3 is 2. The minimum Gasteiger partial charge on any atom is -0.496 e. The van der Waals surface area contributed by atoms with Crippen molar-refractivity contribution in [2.45, 2.75) is 25.7 Å². The first-order valence-electron chi connectivity index (χ1n) is 9.15. The summed E-state index contributed by atoms with van der Waals surface area (Å²) in [4.78, 5) is 5.18. The number of fused-ring (bicyclic) bond motifs is 6. The van der Waals surface area contributed by atoms with E-state index < -0.39 is 0 Å². The van der Waals surface area contributed by atoms with Crippen LogP contribution in [0.25, 0.3) is 22.5 Å². The molecule has 3 heteroatoms. The third kappa shape index (κ3) is 2.16. The lowest BCUT2D eigenvalue weighted by Gasteiger charge is -2.26. The Balaban J connectivity index is 1.74. The minimum atomic E-state index is 0.967. The summed E-state index contributed by atoms with van der Waals surface area (Å²) in [6.45, 7) is 0. The number of pyridine rings is 1. The van der Waals surface area contributed by atoms with E-state index in [-0.39, 0.29) is 0 Å². The molecule has 0 aliphatic heterocycles. The highest BCUT2D eigenvalue weighted by Crippen LogP contribution is 2.42. The summed E-state index contributed by atoms with van der Waals surface area (Å²) >= 11 is 0. The van der Waals surface area contributed by atoms with Crippen LogP contribution >= 0.6 is 0 Å². The van der Waals surface area contributed by atoms with Gasteiger partial charge in [-0.2, -0.15) is 0 Å². The number of hydrogen-bond donors (Lipinski definition) is 0. The zero-order chi connectivity index (χ0) is 17.7. The van der Waals surface area contributed by atoms with Gasteiger partial charge in [0.25, 0.3) is 0 Å². The van der Waals surface area contributed by atoms with Gasteiger partial charge in [-0.25, -0.2) is 4.98 Å². The number of nitrogens with zero attached hydrogens (tertiary/aromatic N) is 1. The summed E-state index contributed by atoms with van der Waals surface area (Å²) in [6.07, 6.45) is 4.07. The highest BCUT2D eigenvalue weighted by Gasteiger charge is 2.26. The topological polar surface area (TPSA) is 31.4 Å². The van der Waals surface area contributed by atoms with Gasteiger partial charge >= 0.3 is 0 Å². The molecule has 0 bridgehead atoms. The molecule has 3 aromatic rings. The SMILES string of the molecule is COc1cccc2c1CCc1cc3c(nc1-2)-c1cccc(OC)c1CC3. The Morgan fingerprint density at radius 1 is 0.692 bits per heavy atom. The van der Waals surface area contributed by atoms with Crippen molar-refractivity contribution in [2.24, 2.45) is 0 Å². The lowest BCUT2D eigenvalue weighted by atomic mass is 9.83. The van der Waals surface area contributed by atoms with Crippen LogP contribution in [0.1, 0.15) is 22.3 Å². The van der Waals surface area contributed by atoms with Crippen LogP contribution in [0.5, 0.6) is 11.5 Å². The Kier molecular flexibility index (Phi) is 3.49. The molecule has 0 N–H and O–H groups in total. The van der Waals surface area contributed by atoms with Crippen molar-refractivity contribution in [2.75, 3.05) is 14.2 Å². The molecule has 0 amide bonds. The van der Waals surface area contributed by atoms with Gasteiger partial charge in [0.15, 0.2) is 0 Å². The van der Waals surface area contributed by atoms with Crippen LogP contribution in [0.2, 0.25) is 0 Å². The molecule has 2 aliphatic carbocycles. The van der Waals surface area contributed by atoms with E-state index in [1.54, 1.807) is 14.2 Å². The maximum atomic E-state index is 5.58. The molecule has 0 atom stereocenters. The Labute approximate surface area is 153 Å². The molecule has 2 aliphatic rings. The zero-order valence-electron chi connectivity index (χ0n) is 15.1. The van der Waals surface area contributed by atoms with Crippen LogP contribution in [-0.2, 0) is 25.7 Å². The van der Waals surface area contributed by atoms with Gasteiger partial charge in [0, 0.05) is 22.3 Å². The van der Waals surface area contributed by atoms with Crippen LogP contribution in [0.3, 0.4) is 0 Å². The second-order valence-electron chi connectivity index (χ2n) is 6.98. The van der Waals surface area contributed by atoms with E-state index in [2.05, 4.69) is 30.3 Å². The first-order chi connectivity index (χ1) is 12.8. The number of aromatic nitrogens is 1. The average Bonchev–Trinajstić information content (AvgIpc) is 2.71. The normalized spacial score (nSPS) is 13.9.